The minimum atomic E-state index is -0.958. The molecule has 10 heteroatoms. The van der Waals surface area contributed by atoms with Crippen molar-refractivity contribution in [2.45, 2.75) is 27.2 Å². The summed E-state index contributed by atoms with van der Waals surface area (Å²) in [6.45, 7) is 5.44. The highest BCUT2D eigenvalue weighted by molar-refractivity contribution is 7.17. The van der Waals surface area contributed by atoms with Gasteiger partial charge in [0.15, 0.2) is 0 Å². The highest BCUT2D eigenvalue weighted by Gasteiger charge is 2.23. The Morgan fingerprint density at radius 1 is 1.32 bits per heavy atom. The summed E-state index contributed by atoms with van der Waals surface area (Å²) in [5.74, 6) is -1.92. The lowest BCUT2D eigenvalue weighted by Crippen LogP contribution is -2.22. The number of hydrogen-bond acceptors (Lipinski definition) is 7. The molecule has 1 aromatic carbocycles. The van der Waals surface area contributed by atoms with Gasteiger partial charge in [0.1, 0.15) is 5.00 Å². The van der Waals surface area contributed by atoms with Crippen LogP contribution < -0.4 is 10.6 Å². The van der Waals surface area contributed by atoms with Crippen LogP contribution in [0.25, 0.3) is 0 Å². The molecule has 1 aromatic heterocycles. The molecule has 0 saturated carbocycles. The van der Waals surface area contributed by atoms with Gasteiger partial charge in [-0.3, -0.25) is 14.9 Å². The van der Waals surface area contributed by atoms with Crippen LogP contribution in [0.5, 0.6) is 0 Å². The number of nitro groups is 1. The van der Waals surface area contributed by atoms with Gasteiger partial charge in [-0.2, -0.15) is 4.39 Å². The third-order valence-electron chi connectivity index (χ3n) is 3.90. The van der Waals surface area contributed by atoms with Crippen molar-refractivity contribution in [1.29, 1.82) is 0 Å². The van der Waals surface area contributed by atoms with Crippen molar-refractivity contribution in [3.05, 3.63) is 50.1 Å². The number of carbonyl (C=O) groups excluding carboxylic acids is 2. The quantitative estimate of drug-likeness (QED) is 0.389. The Balaban J connectivity index is 2.12. The van der Waals surface area contributed by atoms with Crippen LogP contribution in [0, 0.1) is 22.9 Å². The Morgan fingerprint density at radius 2 is 2.04 bits per heavy atom. The van der Waals surface area contributed by atoms with Gasteiger partial charge < -0.3 is 15.4 Å². The maximum absolute atomic E-state index is 13.4. The number of benzene rings is 1. The minimum absolute atomic E-state index is 0.216. The molecular formula is C18H20FN3O5S. The van der Waals surface area contributed by atoms with Gasteiger partial charge in [-0.1, -0.05) is 6.92 Å². The molecule has 0 atom stereocenters. The van der Waals surface area contributed by atoms with Gasteiger partial charge in [0.2, 0.25) is 11.7 Å². The van der Waals surface area contributed by atoms with E-state index in [2.05, 4.69) is 10.6 Å². The van der Waals surface area contributed by atoms with Crippen LogP contribution in [0.3, 0.4) is 0 Å². The number of esters is 1. The van der Waals surface area contributed by atoms with E-state index in [0.717, 1.165) is 22.6 Å². The van der Waals surface area contributed by atoms with Gasteiger partial charge in [-0.15, -0.1) is 11.3 Å². The molecule has 0 spiro atoms. The fraction of sp³-hybridized carbons (Fsp3) is 0.333. The number of amides is 1. The molecule has 2 aromatic rings. The van der Waals surface area contributed by atoms with Gasteiger partial charge in [0.05, 0.1) is 23.6 Å². The highest BCUT2D eigenvalue weighted by Crippen LogP contribution is 2.34. The van der Waals surface area contributed by atoms with Crippen molar-refractivity contribution < 1.29 is 23.6 Å². The van der Waals surface area contributed by atoms with E-state index in [0.29, 0.717) is 17.0 Å². The summed E-state index contributed by atoms with van der Waals surface area (Å²) in [5, 5.41) is 16.6. The maximum atomic E-state index is 13.4. The first-order chi connectivity index (χ1) is 13.3. The first-order valence-electron chi connectivity index (χ1n) is 8.55. The predicted molar refractivity (Wildman–Crippen MR) is 105 cm³/mol. The molecule has 1 amide bonds. The van der Waals surface area contributed by atoms with E-state index < -0.39 is 28.3 Å². The van der Waals surface area contributed by atoms with Gasteiger partial charge >= 0.3 is 11.7 Å². The summed E-state index contributed by atoms with van der Waals surface area (Å²) in [7, 11) is 0. The molecule has 2 rings (SSSR count). The van der Waals surface area contributed by atoms with Gasteiger partial charge in [-0.25, -0.2) is 4.79 Å². The Hall–Kier alpha value is -3.01. The van der Waals surface area contributed by atoms with Crippen molar-refractivity contribution >= 4 is 39.6 Å². The van der Waals surface area contributed by atoms with Crippen LogP contribution in [0.1, 0.15) is 34.6 Å². The molecule has 0 aliphatic heterocycles. The molecule has 0 bridgehead atoms. The number of nitrogens with zero attached hydrogens (tertiary/aromatic N) is 1. The summed E-state index contributed by atoms with van der Waals surface area (Å²) < 4.78 is 18.4. The van der Waals surface area contributed by atoms with E-state index in [1.807, 2.05) is 6.92 Å². The van der Waals surface area contributed by atoms with E-state index >= 15 is 0 Å². The number of carbonyl (C=O) groups is 2. The van der Waals surface area contributed by atoms with Gasteiger partial charge in [0.25, 0.3) is 0 Å². The van der Waals surface area contributed by atoms with Crippen LogP contribution in [0.4, 0.5) is 20.8 Å². The van der Waals surface area contributed by atoms with Crippen LogP contribution in [-0.4, -0.2) is 30.0 Å². The van der Waals surface area contributed by atoms with Gasteiger partial charge in [-0.05, 0) is 38.0 Å². The van der Waals surface area contributed by atoms with E-state index in [9.17, 15) is 24.1 Å². The summed E-state index contributed by atoms with van der Waals surface area (Å²) in [5.41, 5.74) is 0.639. The fourth-order valence-corrected chi connectivity index (χ4v) is 3.70. The van der Waals surface area contributed by atoms with E-state index in [1.165, 1.54) is 17.4 Å². The summed E-state index contributed by atoms with van der Waals surface area (Å²) in [6, 6.07) is 3.26. The Labute approximate surface area is 164 Å². The van der Waals surface area contributed by atoms with Crippen LogP contribution >= 0.6 is 11.3 Å². The number of anilines is 2. The molecule has 150 valence electrons. The second kappa shape index (κ2) is 9.27. The number of aryl methyl sites for hydroxylation is 1. The average Bonchev–Trinajstić information content (AvgIpc) is 2.96. The normalized spacial score (nSPS) is 10.4. The topological polar surface area (TPSA) is 111 Å². The number of ether oxygens (including phenoxy) is 1. The predicted octanol–water partition coefficient (Wildman–Crippen LogP) is 3.89. The molecule has 2 N–H and O–H groups in total. The Morgan fingerprint density at radius 3 is 2.64 bits per heavy atom. The second-order valence-corrected chi connectivity index (χ2v) is 6.86. The van der Waals surface area contributed by atoms with Gasteiger partial charge in [0, 0.05) is 16.6 Å². The summed E-state index contributed by atoms with van der Waals surface area (Å²) >= 11 is 1.30. The molecule has 0 fully saturated rings. The molecule has 0 unspecified atom stereocenters. The first-order valence-corrected chi connectivity index (χ1v) is 9.37. The number of thiophene rings is 1. The number of nitrogens with one attached hydrogen (secondary N) is 2. The second-order valence-electron chi connectivity index (χ2n) is 5.75. The third-order valence-corrected chi connectivity index (χ3v) is 5.25. The zero-order valence-corrected chi connectivity index (χ0v) is 16.4. The maximum Gasteiger partial charge on any atom is 0.341 e. The molecular weight excluding hydrogens is 389 g/mol. The lowest BCUT2D eigenvalue weighted by atomic mass is 10.1. The van der Waals surface area contributed by atoms with Crippen molar-refractivity contribution in [3.8, 4) is 0 Å². The van der Waals surface area contributed by atoms with E-state index in [-0.39, 0.29) is 18.8 Å². The lowest BCUT2D eigenvalue weighted by molar-refractivity contribution is -0.387. The largest absolute Gasteiger partial charge is 0.462 e. The highest BCUT2D eigenvalue weighted by atomic mass is 32.1. The first kappa shape index (κ1) is 21.3. The van der Waals surface area contributed by atoms with Crippen LogP contribution in [0.2, 0.25) is 0 Å². The van der Waals surface area contributed by atoms with E-state index in [4.69, 9.17) is 4.74 Å². The van der Waals surface area contributed by atoms with Crippen molar-refractivity contribution in [2.24, 2.45) is 0 Å². The monoisotopic (exact) mass is 409 g/mol. The smallest absolute Gasteiger partial charge is 0.341 e. The molecule has 0 aliphatic rings. The molecule has 28 heavy (non-hydrogen) atoms. The molecule has 0 aliphatic carbocycles. The number of halogens is 1. The Kier molecular flexibility index (Phi) is 7.05. The molecule has 8 nitrogen and oxygen atoms in total. The molecule has 0 saturated heterocycles. The minimum Gasteiger partial charge on any atom is -0.462 e. The lowest BCUT2D eigenvalue weighted by Gasteiger charge is -2.09. The molecule has 0 radical (unpaired) electrons. The van der Waals surface area contributed by atoms with Crippen LogP contribution in [-0.2, 0) is 16.0 Å². The summed E-state index contributed by atoms with van der Waals surface area (Å²) in [4.78, 5) is 35.4. The fourth-order valence-electron chi connectivity index (χ4n) is 2.55. The van der Waals surface area contributed by atoms with Crippen molar-refractivity contribution in [3.63, 3.8) is 0 Å². The number of rotatable bonds is 8. The SMILES string of the molecule is CCOC(=O)c1c(NC(=O)CNc2ccc(F)c([N+](=O)[O-])c2)sc(CC)c1C. The summed E-state index contributed by atoms with van der Waals surface area (Å²) in [6.07, 6.45) is 0.705. The van der Waals surface area contributed by atoms with Crippen molar-refractivity contribution in [1.82, 2.24) is 0 Å². The van der Waals surface area contributed by atoms with Crippen molar-refractivity contribution in [2.75, 3.05) is 23.8 Å². The standard InChI is InChI=1S/C18H20FN3O5S/c1-4-14-10(3)16(18(24)27-5-2)17(28-14)21-15(23)9-20-11-6-7-12(19)13(8-11)22(25)26/h6-8,20H,4-5,9H2,1-3H3,(H,21,23). The number of hydrogen-bond donors (Lipinski definition) is 2. The average molecular weight is 409 g/mol. The Bertz CT molecular complexity index is 913. The number of nitro benzene ring substituents is 1. The third kappa shape index (κ3) is 4.83. The zero-order valence-electron chi connectivity index (χ0n) is 15.6. The van der Waals surface area contributed by atoms with E-state index in [1.54, 1.807) is 13.8 Å². The molecule has 1 heterocycles. The van der Waals surface area contributed by atoms with Crippen LogP contribution in [0.15, 0.2) is 18.2 Å². The zero-order chi connectivity index (χ0) is 20.8.